The molecule has 76 valence electrons. The molecule has 1 atom stereocenters. The van der Waals surface area contributed by atoms with E-state index in [0.29, 0.717) is 11.5 Å². The van der Waals surface area contributed by atoms with Gasteiger partial charge >= 0.3 is 0 Å². The molecule has 1 amide bonds. The fourth-order valence-corrected chi connectivity index (χ4v) is 1.58. The predicted octanol–water partition coefficient (Wildman–Crippen LogP) is 2.43. The fourth-order valence-electron chi connectivity index (χ4n) is 1.58. The van der Waals surface area contributed by atoms with Gasteiger partial charge in [-0.1, -0.05) is 13.8 Å². The van der Waals surface area contributed by atoms with Gasteiger partial charge in [0.2, 0.25) is 5.91 Å². The van der Waals surface area contributed by atoms with Crippen LogP contribution in [0.4, 0.5) is 0 Å². The number of carbonyl (C=O) groups excluding carboxylic acids is 1. The van der Waals surface area contributed by atoms with Crippen molar-refractivity contribution in [3.8, 4) is 0 Å². The lowest BCUT2D eigenvalue weighted by Gasteiger charge is -2.30. The van der Waals surface area contributed by atoms with Crippen LogP contribution in [0.2, 0.25) is 0 Å². The van der Waals surface area contributed by atoms with Crippen molar-refractivity contribution in [1.29, 1.82) is 0 Å². The second kappa shape index (κ2) is 3.69. The topological polar surface area (TPSA) is 20.3 Å². The summed E-state index contributed by atoms with van der Waals surface area (Å²) in [7, 11) is 0. The molecular weight excluding hydrogens is 162 g/mol. The highest BCUT2D eigenvalue weighted by Gasteiger charge is 2.40. The van der Waals surface area contributed by atoms with Crippen molar-refractivity contribution >= 4 is 5.91 Å². The molecule has 2 nitrogen and oxygen atoms in total. The van der Waals surface area contributed by atoms with Gasteiger partial charge in [0.05, 0.1) is 0 Å². The van der Waals surface area contributed by atoms with Crippen LogP contribution >= 0.6 is 0 Å². The molecule has 1 saturated carbocycles. The van der Waals surface area contributed by atoms with Gasteiger partial charge in [-0.15, -0.1) is 0 Å². The molecule has 0 spiro atoms. The Balaban J connectivity index is 2.52. The summed E-state index contributed by atoms with van der Waals surface area (Å²) in [6.45, 7) is 9.17. The van der Waals surface area contributed by atoms with Crippen molar-refractivity contribution in [2.24, 2.45) is 5.41 Å². The van der Waals surface area contributed by atoms with Gasteiger partial charge in [0.1, 0.15) is 0 Å². The summed E-state index contributed by atoms with van der Waals surface area (Å²) in [6, 6.07) is 0.398. The summed E-state index contributed by atoms with van der Waals surface area (Å²) >= 11 is 0. The third kappa shape index (κ3) is 2.71. The molecule has 0 aliphatic heterocycles. The number of hydrogen-bond donors (Lipinski definition) is 0. The summed E-state index contributed by atoms with van der Waals surface area (Å²) in [5.41, 5.74) is 0.440. The van der Waals surface area contributed by atoms with Crippen molar-refractivity contribution < 1.29 is 4.79 Å². The smallest absolute Gasteiger partial charge is 0.219 e. The standard InChI is InChI=1S/C11H21NO/c1-5-9(2)12(10(3)13)8-11(4)6-7-11/h9H,5-8H2,1-4H3. The monoisotopic (exact) mass is 183 g/mol. The highest BCUT2D eigenvalue weighted by atomic mass is 16.2. The molecule has 0 radical (unpaired) electrons. The Hall–Kier alpha value is -0.530. The Morgan fingerprint density at radius 2 is 2.08 bits per heavy atom. The van der Waals surface area contributed by atoms with Gasteiger partial charge in [-0.25, -0.2) is 0 Å². The maximum Gasteiger partial charge on any atom is 0.219 e. The van der Waals surface area contributed by atoms with Crippen molar-refractivity contribution in [1.82, 2.24) is 4.90 Å². The van der Waals surface area contributed by atoms with Crippen LogP contribution in [0, 0.1) is 5.41 Å². The molecule has 0 N–H and O–H groups in total. The predicted molar refractivity (Wildman–Crippen MR) is 54.5 cm³/mol. The van der Waals surface area contributed by atoms with E-state index < -0.39 is 0 Å². The van der Waals surface area contributed by atoms with Gasteiger partial charge in [0.15, 0.2) is 0 Å². The van der Waals surface area contributed by atoms with Gasteiger partial charge in [0.25, 0.3) is 0 Å². The van der Waals surface area contributed by atoms with E-state index in [4.69, 9.17) is 0 Å². The normalized spacial score (nSPS) is 20.9. The Morgan fingerprint density at radius 3 is 2.38 bits per heavy atom. The van der Waals surface area contributed by atoms with Crippen molar-refractivity contribution in [3.63, 3.8) is 0 Å². The van der Waals surface area contributed by atoms with Gasteiger partial charge in [-0.2, -0.15) is 0 Å². The van der Waals surface area contributed by atoms with Crippen LogP contribution < -0.4 is 0 Å². The van der Waals surface area contributed by atoms with Crippen LogP contribution in [0.1, 0.15) is 47.0 Å². The SMILES string of the molecule is CCC(C)N(CC1(C)CC1)C(C)=O. The van der Waals surface area contributed by atoms with E-state index in [-0.39, 0.29) is 5.91 Å². The molecule has 1 unspecified atom stereocenters. The van der Waals surface area contributed by atoms with Gasteiger partial charge in [-0.3, -0.25) is 4.79 Å². The van der Waals surface area contributed by atoms with Crippen LogP contribution in [-0.2, 0) is 4.79 Å². The van der Waals surface area contributed by atoms with Crippen LogP contribution in [0.3, 0.4) is 0 Å². The first-order valence-corrected chi connectivity index (χ1v) is 5.26. The number of nitrogens with zero attached hydrogens (tertiary/aromatic N) is 1. The second-order valence-electron chi connectivity index (χ2n) is 4.71. The molecular formula is C11H21NO. The minimum Gasteiger partial charge on any atom is -0.340 e. The average Bonchev–Trinajstić information content (AvgIpc) is 2.78. The first-order chi connectivity index (χ1) is 5.98. The Morgan fingerprint density at radius 1 is 1.54 bits per heavy atom. The van der Waals surface area contributed by atoms with Crippen molar-refractivity contribution in [2.75, 3.05) is 6.54 Å². The summed E-state index contributed by atoms with van der Waals surface area (Å²) < 4.78 is 0. The van der Waals surface area contributed by atoms with E-state index in [2.05, 4.69) is 20.8 Å². The summed E-state index contributed by atoms with van der Waals surface area (Å²) in [5, 5.41) is 0. The number of carbonyl (C=O) groups is 1. The number of hydrogen-bond acceptors (Lipinski definition) is 1. The molecule has 2 heteroatoms. The number of rotatable bonds is 4. The van der Waals surface area contributed by atoms with Gasteiger partial charge in [-0.05, 0) is 31.6 Å². The lowest BCUT2D eigenvalue weighted by molar-refractivity contribution is -0.131. The zero-order chi connectivity index (χ0) is 10.1. The molecule has 1 aliphatic carbocycles. The van der Waals surface area contributed by atoms with Crippen LogP contribution in [0.15, 0.2) is 0 Å². The van der Waals surface area contributed by atoms with Crippen LogP contribution in [-0.4, -0.2) is 23.4 Å². The molecule has 0 aromatic rings. The van der Waals surface area contributed by atoms with Crippen molar-refractivity contribution in [3.05, 3.63) is 0 Å². The quantitative estimate of drug-likeness (QED) is 0.655. The highest BCUT2D eigenvalue weighted by Crippen LogP contribution is 2.45. The molecule has 0 heterocycles. The zero-order valence-corrected chi connectivity index (χ0v) is 9.26. The van der Waals surface area contributed by atoms with E-state index in [1.165, 1.54) is 12.8 Å². The first kappa shape index (κ1) is 10.6. The van der Waals surface area contributed by atoms with E-state index >= 15 is 0 Å². The highest BCUT2D eigenvalue weighted by molar-refractivity contribution is 5.73. The Kier molecular flexibility index (Phi) is 2.99. The third-order valence-corrected chi connectivity index (χ3v) is 3.18. The lowest BCUT2D eigenvalue weighted by Crippen LogP contribution is -2.40. The minimum atomic E-state index is 0.225. The minimum absolute atomic E-state index is 0.225. The maximum absolute atomic E-state index is 11.4. The molecule has 0 bridgehead atoms. The summed E-state index contributed by atoms with van der Waals surface area (Å²) in [5.74, 6) is 0.225. The summed E-state index contributed by atoms with van der Waals surface area (Å²) in [4.78, 5) is 13.4. The third-order valence-electron chi connectivity index (χ3n) is 3.18. The Bertz CT molecular complexity index is 196. The Labute approximate surface area is 81.3 Å². The van der Waals surface area contributed by atoms with E-state index in [9.17, 15) is 4.79 Å². The molecule has 1 aliphatic rings. The van der Waals surface area contributed by atoms with E-state index in [1.807, 2.05) is 4.90 Å². The van der Waals surface area contributed by atoms with Crippen molar-refractivity contribution in [2.45, 2.75) is 53.0 Å². The molecule has 13 heavy (non-hydrogen) atoms. The zero-order valence-electron chi connectivity index (χ0n) is 9.26. The van der Waals surface area contributed by atoms with Gasteiger partial charge in [0, 0.05) is 19.5 Å². The molecule has 0 aromatic heterocycles. The van der Waals surface area contributed by atoms with E-state index in [1.54, 1.807) is 6.92 Å². The second-order valence-corrected chi connectivity index (χ2v) is 4.71. The van der Waals surface area contributed by atoms with Crippen LogP contribution in [0.25, 0.3) is 0 Å². The first-order valence-electron chi connectivity index (χ1n) is 5.26. The lowest BCUT2D eigenvalue weighted by atomic mass is 10.1. The molecule has 0 saturated heterocycles. The molecule has 1 rings (SSSR count). The average molecular weight is 183 g/mol. The summed E-state index contributed by atoms with van der Waals surface area (Å²) in [6.07, 6.45) is 3.62. The van der Waals surface area contributed by atoms with Crippen LogP contribution in [0.5, 0.6) is 0 Å². The molecule has 1 fully saturated rings. The molecule has 0 aromatic carbocycles. The van der Waals surface area contributed by atoms with E-state index in [0.717, 1.165) is 13.0 Å². The largest absolute Gasteiger partial charge is 0.340 e. The number of amides is 1. The fraction of sp³-hybridized carbons (Fsp3) is 0.909. The maximum atomic E-state index is 11.4. The van der Waals surface area contributed by atoms with Gasteiger partial charge < -0.3 is 4.90 Å².